The Bertz CT molecular complexity index is 688. The summed E-state index contributed by atoms with van der Waals surface area (Å²) in [4.78, 5) is 24.7. The first-order chi connectivity index (χ1) is 10.8. The highest BCUT2D eigenvalue weighted by atomic mass is 16.5. The molecule has 124 valence electrons. The zero-order valence-corrected chi connectivity index (χ0v) is 14.3. The first-order valence-electron chi connectivity index (χ1n) is 7.23. The van der Waals surface area contributed by atoms with Crippen molar-refractivity contribution in [3.8, 4) is 0 Å². The van der Waals surface area contributed by atoms with E-state index in [4.69, 9.17) is 4.52 Å². The Kier molecular flexibility index (Phi) is 4.83. The minimum atomic E-state index is -0.163. The van der Waals surface area contributed by atoms with Crippen LogP contribution < -0.4 is 15.1 Å². The summed E-state index contributed by atoms with van der Waals surface area (Å²) in [6.07, 6.45) is 1.81. The van der Waals surface area contributed by atoms with Crippen LogP contribution in [0.2, 0.25) is 0 Å². The molecule has 0 fully saturated rings. The van der Waals surface area contributed by atoms with Crippen LogP contribution in [0.15, 0.2) is 10.7 Å². The van der Waals surface area contributed by atoms with Gasteiger partial charge in [-0.2, -0.15) is 4.98 Å². The molecule has 8 heteroatoms. The predicted octanol–water partition coefficient (Wildman–Crippen LogP) is 1.39. The maximum absolute atomic E-state index is 12.3. The Morgan fingerprint density at radius 3 is 2.43 bits per heavy atom. The van der Waals surface area contributed by atoms with E-state index < -0.39 is 0 Å². The fourth-order valence-electron chi connectivity index (χ4n) is 2.12. The van der Waals surface area contributed by atoms with Crippen LogP contribution in [0, 0.1) is 13.8 Å². The number of rotatable bonds is 5. The summed E-state index contributed by atoms with van der Waals surface area (Å²) < 4.78 is 5.08. The molecule has 0 bridgehead atoms. The van der Waals surface area contributed by atoms with Crippen LogP contribution in [-0.4, -0.2) is 49.2 Å². The number of nitrogens with one attached hydrogen (secondary N) is 1. The molecule has 0 aliphatic carbocycles. The number of anilines is 3. The van der Waals surface area contributed by atoms with Crippen LogP contribution in [0.3, 0.4) is 0 Å². The molecule has 2 aromatic heterocycles. The lowest BCUT2D eigenvalue weighted by atomic mass is 10.1. The number of nitrogens with zero attached hydrogens (tertiary/aromatic N) is 5. The van der Waals surface area contributed by atoms with Gasteiger partial charge in [0, 0.05) is 33.8 Å². The minimum absolute atomic E-state index is 0.163. The molecule has 0 saturated heterocycles. The average Bonchev–Trinajstić information content (AvgIpc) is 2.79. The van der Waals surface area contributed by atoms with E-state index in [0.717, 1.165) is 11.3 Å². The Morgan fingerprint density at radius 2 is 1.91 bits per heavy atom. The van der Waals surface area contributed by atoms with Crippen LogP contribution >= 0.6 is 0 Å². The van der Waals surface area contributed by atoms with Gasteiger partial charge in [0.1, 0.15) is 11.4 Å². The molecule has 23 heavy (non-hydrogen) atoms. The van der Waals surface area contributed by atoms with Gasteiger partial charge in [0.2, 0.25) is 11.9 Å². The van der Waals surface area contributed by atoms with Gasteiger partial charge in [-0.1, -0.05) is 5.16 Å². The van der Waals surface area contributed by atoms with Gasteiger partial charge in [-0.15, -0.1) is 0 Å². The number of amides is 1. The number of aryl methyl sites for hydroxylation is 2. The average molecular weight is 318 g/mol. The van der Waals surface area contributed by atoms with E-state index in [1.54, 1.807) is 13.1 Å². The highest BCUT2D eigenvalue weighted by Crippen LogP contribution is 2.23. The van der Waals surface area contributed by atoms with Crippen molar-refractivity contribution in [2.75, 3.05) is 43.3 Å². The Hall–Kier alpha value is -2.64. The summed E-state index contributed by atoms with van der Waals surface area (Å²) >= 11 is 0. The van der Waals surface area contributed by atoms with E-state index in [2.05, 4.69) is 20.4 Å². The van der Waals surface area contributed by atoms with Crippen LogP contribution in [0.1, 0.15) is 17.0 Å². The highest BCUT2D eigenvalue weighted by Gasteiger charge is 2.16. The fourth-order valence-corrected chi connectivity index (χ4v) is 2.12. The van der Waals surface area contributed by atoms with E-state index in [1.807, 2.05) is 44.9 Å². The van der Waals surface area contributed by atoms with Crippen molar-refractivity contribution in [3.05, 3.63) is 23.2 Å². The molecule has 1 N–H and O–H groups in total. The van der Waals surface area contributed by atoms with E-state index in [9.17, 15) is 4.79 Å². The molecule has 0 aliphatic rings. The SMILES string of the molecule is Cc1noc(C)c1CC(=O)Nc1cnc(N(C)C)nc1N(C)C. The summed E-state index contributed by atoms with van der Waals surface area (Å²) in [6.45, 7) is 3.61. The van der Waals surface area contributed by atoms with Crippen LogP contribution in [0.25, 0.3) is 0 Å². The molecule has 0 aliphatic heterocycles. The molecule has 1 amide bonds. The molecule has 0 saturated carbocycles. The molecule has 2 heterocycles. The van der Waals surface area contributed by atoms with Gasteiger partial charge in [0.05, 0.1) is 18.3 Å². The second-order valence-electron chi connectivity index (χ2n) is 5.72. The van der Waals surface area contributed by atoms with Gasteiger partial charge in [-0.3, -0.25) is 4.79 Å². The van der Waals surface area contributed by atoms with Crippen molar-refractivity contribution >= 4 is 23.4 Å². The normalized spacial score (nSPS) is 10.5. The van der Waals surface area contributed by atoms with E-state index in [1.165, 1.54) is 0 Å². The Labute approximate surface area is 135 Å². The highest BCUT2D eigenvalue weighted by molar-refractivity contribution is 5.95. The summed E-state index contributed by atoms with van der Waals surface area (Å²) in [7, 11) is 7.46. The molecule has 0 atom stereocenters. The van der Waals surface area contributed by atoms with Crippen molar-refractivity contribution in [2.24, 2.45) is 0 Å². The second-order valence-corrected chi connectivity index (χ2v) is 5.72. The largest absolute Gasteiger partial charge is 0.361 e. The van der Waals surface area contributed by atoms with E-state index >= 15 is 0 Å². The number of carbonyl (C=O) groups is 1. The maximum Gasteiger partial charge on any atom is 0.229 e. The fraction of sp³-hybridized carbons (Fsp3) is 0.467. The molecule has 2 rings (SSSR count). The minimum Gasteiger partial charge on any atom is -0.361 e. The summed E-state index contributed by atoms with van der Waals surface area (Å²) in [6, 6.07) is 0. The third-order valence-electron chi connectivity index (χ3n) is 3.37. The summed E-state index contributed by atoms with van der Waals surface area (Å²) in [5.41, 5.74) is 2.10. The van der Waals surface area contributed by atoms with Gasteiger partial charge in [0.15, 0.2) is 5.82 Å². The third-order valence-corrected chi connectivity index (χ3v) is 3.37. The monoisotopic (exact) mass is 318 g/mol. The van der Waals surface area contributed by atoms with Crippen molar-refractivity contribution < 1.29 is 9.32 Å². The zero-order chi connectivity index (χ0) is 17.1. The van der Waals surface area contributed by atoms with Crippen LogP contribution in [0.4, 0.5) is 17.5 Å². The smallest absolute Gasteiger partial charge is 0.229 e. The molecule has 8 nitrogen and oxygen atoms in total. The Morgan fingerprint density at radius 1 is 1.22 bits per heavy atom. The van der Waals surface area contributed by atoms with Crippen LogP contribution in [-0.2, 0) is 11.2 Å². The lowest BCUT2D eigenvalue weighted by Gasteiger charge is -2.19. The second kappa shape index (κ2) is 6.64. The maximum atomic E-state index is 12.3. The first kappa shape index (κ1) is 16.7. The first-order valence-corrected chi connectivity index (χ1v) is 7.23. The molecule has 0 aromatic carbocycles. The van der Waals surface area contributed by atoms with Crippen molar-refractivity contribution in [1.82, 2.24) is 15.1 Å². The van der Waals surface area contributed by atoms with Gasteiger partial charge >= 0.3 is 0 Å². The van der Waals surface area contributed by atoms with Gasteiger partial charge in [0.25, 0.3) is 0 Å². The molecule has 0 unspecified atom stereocenters. The van der Waals surface area contributed by atoms with Crippen molar-refractivity contribution in [1.29, 1.82) is 0 Å². The van der Waals surface area contributed by atoms with Crippen molar-refractivity contribution in [2.45, 2.75) is 20.3 Å². The summed E-state index contributed by atoms with van der Waals surface area (Å²) in [5, 5.41) is 6.72. The number of carbonyl (C=O) groups excluding carboxylic acids is 1. The quantitative estimate of drug-likeness (QED) is 0.891. The van der Waals surface area contributed by atoms with Gasteiger partial charge < -0.3 is 19.6 Å². The van der Waals surface area contributed by atoms with Gasteiger partial charge in [-0.05, 0) is 13.8 Å². The van der Waals surface area contributed by atoms with Crippen LogP contribution in [0.5, 0.6) is 0 Å². The van der Waals surface area contributed by atoms with E-state index in [-0.39, 0.29) is 12.3 Å². The molecule has 0 radical (unpaired) electrons. The zero-order valence-electron chi connectivity index (χ0n) is 14.3. The van der Waals surface area contributed by atoms with E-state index in [0.29, 0.717) is 23.2 Å². The number of aromatic nitrogens is 3. The third kappa shape index (κ3) is 3.77. The summed E-state index contributed by atoms with van der Waals surface area (Å²) in [5.74, 6) is 1.72. The van der Waals surface area contributed by atoms with Crippen molar-refractivity contribution in [3.63, 3.8) is 0 Å². The lowest BCUT2D eigenvalue weighted by Crippen LogP contribution is -2.22. The molecule has 2 aromatic rings. The number of hydrogen-bond acceptors (Lipinski definition) is 7. The van der Waals surface area contributed by atoms with Gasteiger partial charge in [-0.25, -0.2) is 4.98 Å². The Balaban J connectivity index is 2.20. The molecular weight excluding hydrogens is 296 g/mol. The number of hydrogen-bond donors (Lipinski definition) is 1. The molecular formula is C15H22N6O2. The topological polar surface area (TPSA) is 87.4 Å². The molecule has 0 spiro atoms. The lowest BCUT2D eigenvalue weighted by molar-refractivity contribution is -0.115. The predicted molar refractivity (Wildman–Crippen MR) is 89.0 cm³/mol. The standard InChI is InChI=1S/C15H22N6O2/c1-9-11(10(2)23-19-9)7-13(22)17-12-8-16-15(21(5)6)18-14(12)20(3)4/h8H,7H2,1-6H3,(H,17,22).